The van der Waals surface area contributed by atoms with Gasteiger partial charge in [-0.1, -0.05) is 13.8 Å². The lowest BCUT2D eigenvalue weighted by atomic mass is 10.1. The van der Waals surface area contributed by atoms with Crippen LogP contribution in [0.5, 0.6) is 0 Å². The summed E-state index contributed by atoms with van der Waals surface area (Å²) in [6.45, 7) is 5.14. The number of aryl methyl sites for hydroxylation is 1. The minimum atomic E-state index is 0.461. The van der Waals surface area contributed by atoms with Crippen molar-refractivity contribution in [3.8, 4) is 0 Å². The average molecular weight is 218 g/mol. The van der Waals surface area contributed by atoms with E-state index >= 15 is 0 Å². The van der Waals surface area contributed by atoms with E-state index in [9.17, 15) is 0 Å². The van der Waals surface area contributed by atoms with E-state index in [0.717, 1.165) is 6.54 Å². The molecule has 2 rings (SSSR count). The predicted molar refractivity (Wildman–Crippen MR) is 64.8 cm³/mol. The highest BCUT2D eigenvalue weighted by atomic mass is 15.4. The lowest BCUT2D eigenvalue weighted by molar-refractivity contribution is 0.711. The Bertz CT molecular complexity index is 440. The summed E-state index contributed by atoms with van der Waals surface area (Å²) >= 11 is 0. The van der Waals surface area contributed by atoms with E-state index in [-0.39, 0.29) is 0 Å². The van der Waals surface area contributed by atoms with Crippen molar-refractivity contribution in [1.82, 2.24) is 14.5 Å². The van der Waals surface area contributed by atoms with E-state index in [1.807, 2.05) is 40.9 Å². The third-order valence-electron chi connectivity index (χ3n) is 2.54. The molecule has 4 heteroatoms. The van der Waals surface area contributed by atoms with Gasteiger partial charge in [-0.25, -0.2) is 0 Å². The largest absolute Gasteiger partial charge is 0.322 e. The van der Waals surface area contributed by atoms with Gasteiger partial charge in [-0.15, -0.1) is 0 Å². The van der Waals surface area contributed by atoms with Gasteiger partial charge in [-0.2, -0.15) is 5.10 Å². The molecule has 0 bridgehead atoms. The fourth-order valence-corrected chi connectivity index (χ4v) is 1.79. The molecular formula is C12H18N4. The molecule has 86 valence electrons. The highest BCUT2D eigenvalue weighted by Crippen LogP contribution is 2.17. The molecule has 0 spiro atoms. The maximum Gasteiger partial charge on any atom is 0.0700 e. The highest BCUT2D eigenvalue weighted by Gasteiger charge is 2.10. The average Bonchev–Trinajstić information content (AvgIpc) is 2.83. The maximum absolute atomic E-state index is 4.48. The van der Waals surface area contributed by atoms with E-state index < -0.39 is 0 Å². The van der Waals surface area contributed by atoms with Gasteiger partial charge >= 0.3 is 0 Å². The van der Waals surface area contributed by atoms with E-state index in [0.29, 0.717) is 5.92 Å². The van der Waals surface area contributed by atoms with Crippen molar-refractivity contribution in [3.63, 3.8) is 0 Å². The smallest absolute Gasteiger partial charge is 0.0700 e. The van der Waals surface area contributed by atoms with Gasteiger partial charge in [0.2, 0.25) is 0 Å². The maximum atomic E-state index is 4.48. The summed E-state index contributed by atoms with van der Waals surface area (Å²) in [6, 6.07) is 4.00. The molecule has 0 atom stereocenters. The van der Waals surface area contributed by atoms with Crippen LogP contribution in [0.1, 0.15) is 31.0 Å². The topological polar surface area (TPSA) is 34.8 Å². The Kier molecular flexibility index (Phi) is 2.99. The van der Waals surface area contributed by atoms with E-state index in [1.54, 1.807) is 0 Å². The molecule has 2 aromatic heterocycles. The second-order valence-corrected chi connectivity index (χ2v) is 4.29. The molecule has 0 aliphatic heterocycles. The molecule has 16 heavy (non-hydrogen) atoms. The van der Waals surface area contributed by atoms with Crippen LogP contribution in [-0.4, -0.2) is 14.5 Å². The van der Waals surface area contributed by atoms with Crippen LogP contribution in [0.4, 0.5) is 0 Å². The Morgan fingerprint density at radius 3 is 2.62 bits per heavy atom. The molecule has 2 heterocycles. The molecule has 2 aromatic rings. The van der Waals surface area contributed by atoms with Crippen LogP contribution in [0, 0.1) is 0 Å². The molecule has 0 saturated heterocycles. The molecule has 0 radical (unpaired) electrons. The second kappa shape index (κ2) is 4.43. The molecule has 0 aliphatic rings. The van der Waals surface area contributed by atoms with Crippen LogP contribution in [-0.2, 0) is 13.6 Å². The zero-order chi connectivity index (χ0) is 11.5. The third kappa shape index (κ3) is 2.27. The monoisotopic (exact) mass is 218 g/mol. The van der Waals surface area contributed by atoms with Gasteiger partial charge in [-0.3, -0.25) is 9.36 Å². The van der Waals surface area contributed by atoms with Gasteiger partial charge in [0.15, 0.2) is 0 Å². The number of nitrogens with zero attached hydrogens (tertiary/aromatic N) is 3. The van der Waals surface area contributed by atoms with Gasteiger partial charge < -0.3 is 5.43 Å². The van der Waals surface area contributed by atoms with Crippen molar-refractivity contribution in [2.24, 2.45) is 7.05 Å². The van der Waals surface area contributed by atoms with Crippen LogP contribution in [0.2, 0.25) is 0 Å². The molecule has 0 saturated carbocycles. The Hall–Kier alpha value is -1.71. The summed E-state index contributed by atoms with van der Waals surface area (Å²) in [7, 11) is 1.96. The van der Waals surface area contributed by atoms with Crippen LogP contribution in [0.3, 0.4) is 0 Å². The van der Waals surface area contributed by atoms with Gasteiger partial charge in [0.1, 0.15) is 0 Å². The van der Waals surface area contributed by atoms with Crippen molar-refractivity contribution >= 4 is 0 Å². The molecule has 0 amide bonds. The lowest BCUT2D eigenvalue weighted by Gasteiger charge is -2.08. The predicted octanol–water partition coefficient (Wildman–Crippen LogP) is 2.09. The minimum absolute atomic E-state index is 0.461. The van der Waals surface area contributed by atoms with Crippen LogP contribution < -0.4 is 5.43 Å². The summed E-state index contributed by atoms with van der Waals surface area (Å²) < 4.78 is 3.83. The standard InChI is InChI=1S/C12H18N4/c1-10(2)12-11(9-15(3)14-12)8-13-16-6-4-5-7-16/h4-7,9-10,13H,8H2,1-3H3. The van der Waals surface area contributed by atoms with Crippen molar-refractivity contribution in [2.45, 2.75) is 26.3 Å². The summed E-state index contributed by atoms with van der Waals surface area (Å²) in [5, 5.41) is 4.48. The van der Waals surface area contributed by atoms with E-state index in [1.165, 1.54) is 11.3 Å². The van der Waals surface area contributed by atoms with Crippen molar-refractivity contribution < 1.29 is 0 Å². The molecule has 0 aromatic carbocycles. The van der Waals surface area contributed by atoms with Gasteiger partial charge in [0, 0.05) is 31.2 Å². The van der Waals surface area contributed by atoms with E-state index in [4.69, 9.17) is 0 Å². The van der Waals surface area contributed by atoms with Crippen LogP contribution in [0.15, 0.2) is 30.7 Å². The summed E-state index contributed by atoms with van der Waals surface area (Å²) in [4.78, 5) is 0. The first kappa shape index (κ1) is 10.8. The lowest BCUT2D eigenvalue weighted by Crippen LogP contribution is -2.12. The summed E-state index contributed by atoms with van der Waals surface area (Å²) in [5.74, 6) is 0.461. The first-order valence-electron chi connectivity index (χ1n) is 5.56. The summed E-state index contributed by atoms with van der Waals surface area (Å²) in [5.41, 5.74) is 5.74. The summed E-state index contributed by atoms with van der Waals surface area (Å²) in [6.07, 6.45) is 6.06. The van der Waals surface area contributed by atoms with Crippen molar-refractivity contribution in [3.05, 3.63) is 42.0 Å². The Morgan fingerprint density at radius 1 is 1.31 bits per heavy atom. The fourth-order valence-electron chi connectivity index (χ4n) is 1.79. The number of nitrogens with one attached hydrogen (secondary N) is 1. The molecule has 1 N–H and O–H groups in total. The first-order valence-corrected chi connectivity index (χ1v) is 5.56. The molecular weight excluding hydrogens is 200 g/mol. The number of hydrogen-bond acceptors (Lipinski definition) is 2. The van der Waals surface area contributed by atoms with Crippen LogP contribution >= 0.6 is 0 Å². The SMILES string of the molecule is CC(C)c1nn(C)cc1CNn1cccc1. The van der Waals surface area contributed by atoms with Gasteiger partial charge in [-0.05, 0) is 18.1 Å². The second-order valence-electron chi connectivity index (χ2n) is 4.29. The highest BCUT2D eigenvalue weighted by molar-refractivity contribution is 5.21. The van der Waals surface area contributed by atoms with Crippen molar-refractivity contribution in [2.75, 3.05) is 5.43 Å². The molecule has 4 nitrogen and oxygen atoms in total. The first-order chi connectivity index (χ1) is 7.66. The molecule has 0 fully saturated rings. The molecule has 0 aliphatic carbocycles. The quantitative estimate of drug-likeness (QED) is 0.852. The van der Waals surface area contributed by atoms with Gasteiger partial charge in [0.25, 0.3) is 0 Å². The van der Waals surface area contributed by atoms with Crippen molar-refractivity contribution in [1.29, 1.82) is 0 Å². The van der Waals surface area contributed by atoms with Crippen LogP contribution in [0.25, 0.3) is 0 Å². The normalized spacial score (nSPS) is 11.0. The Labute approximate surface area is 95.9 Å². The molecule has 0 unspecified atom stereocenters. The fraction of sp³-hybridized carbons (Fsp3) is 0.417. The number of rotatable bonds is 4. The third-order valence-corrected chi connectivity index (χ3v) is 2.54. The number of aromatic nitrogens is 3. The van der Waals surface area contributed by atoms with E-state index in [2.05, 4.69) is 30.6 Å². The zero-order valence-electron chi connectivity index (χ0n) is 10.0. The number of hydrogen-bond donors (Lipinski definition) is 1. The van der Waals surface area contributed by atoms with Gasteiger partial charge in [0.05, 0.1) is 12.2 Å². The Morgan fingerprint density at radius 2 is 2.00 bits per heavy atom. The Balaban J connectivity index is 2.09. The zero-order valence-corrected chi connectivity index (χ0v) is 10.0. The minimum Gasteiger partial charge on any atom is -0.322 e.